The number of hydrogen-bond acceptors (Lipinski definition) is 3. The van der Waals surface area contributed by atoms with Gasteiger partial charge in [-0.05, 0) is 24.6 Å². The molecule has 7 heteroatoms. The highest BCUT2D eigenvalue weighted by Gasteiger charge is 2.38. The summed E-state index contributed by atoms with van der Waals surface area (Å²) in [4.78, 5) is 35.1. The SMILES string of the molecule is Cc1c(Cl)cccc1NC(=O)CC1C(=O)NN(C)C1=O. The Labute approximate surface area is 121 Å². The highest BCUT2D eigenvalue weighted by molar-refractivity contribution is 6.31. The maximum absolute atomic E-state index is 11.9. The number of halogens is 1. The van der Waals surface area contributed by atoms with Gasteiger partial charge in [-0.2, -0.15) is 0 Å². The molecule has 2 rings (SSSR count). The predicted molar refractivity (Wildman–Crippen MR) is 73.8 cm³/mol. The van der Waals surface area contributed by atoms with Crippen LogP contribution in [0, 0.1) is 12.8 Å². The summed E-state index contributed by atoms with van der Waals surface area (Å²) in [5.41, 5.74) is 3.66. The molecule has 1 saturated heterocycles. The quantitative estimate of drug-likeness (QED) is 0.820. The third-order valence-electron chi connectivity index (χ3n) is 3.15. The molecule has 6 nitrogen and oxygen atoms in total. The first-order valence-electron chi connectivity index (χ1n) is 6.03. The second kappa shape index (κ2) is 5.50. The van der Waals surface area contributed by atoms with Crippen LogP contribution in [0.15, 0.2) is 18.2 Å². The van der Waals surface area contributed by atoms with Crippen molar-refractivity contribution in [3.8, 4) is 0 Å². The minimum Gasteiger partial charge on any atom is -0.326 e. The molecular formula is C13H14ClN3O3. The van der Waals surface area contributed by atoms with E-state index in [0.29, 0.717) is 10.7 Å². The first kappa shape index (κ1) is 14.3. The van der Waals surface area contributed by atoms with Gasteiger partial charge < -0.3 is 5.32 Å². The van der Waals surface area contributed by atoms with Crippen molar-refractivity contribution in [1.82, 2.24) is 10.4 Å². The van der Waals surface area contributed by atoms with Gasteiger partial charge in [0.15, 0.2) is 0 Å². The van der Waals surface area contributed by atoms with Crippen LogP contribution in [0.3, 0.4) is 0 Å². The average molecular weight is 296 g/mol. The monoisotopic (exact) mass is 295 g/mol. The molecule has 0 bridgehead atoms. The number of nitrogens with zero attached hydrogens (tertiary/aromatic N) is 1. The molecule has 2 N–H and O–H groups in total. The summed E-state index contributed by atoms with van der Waals surface area (Å²) in [6.07, 6.45) is -0.193. The lowest BCUT2D eigenvalue weighted by molar-refractivity contribution is -0.134. The maximum atomic E-state index is 11.9. The molecule has 1 aromatic rings. The molecule has 106 valence electrons. The lowest BCUT2D eigenvalue weighted by Gasteiger charge is -2.10. The lowest BCUT2D eigenvalue weighted by atomic mass is 10.0. The number of nitrogens with one attached hydrogen (secondary N) is 2. The molecule has 0 spiro atoms. The van der Waals surface area contributed by atoms with Gasteiger partial charge in [0.05, 0.1) is 0 Å². The van der Waals surface area contributed by atoms with Gasteiger partial charge in [-0.25, -0.2) is 0 Å². The summed E-state index contributed by atoms with van der Waals surface area (Å²) in [7, 11) is 1.44. The van der Waals surface area contributed by atoms with E-state index in [1.165, 1.54) is 7.05 Å². The predicted octanol–water partition coefficient (Wildman–Crippen LogP) is 1.10. The van der Waals surface area contributed by atoms with E-state index in [0.717, 1.165) is 10.6 Å². The van der Waals surface area contributed by atoms with Crippen molar-refractivity contribution < 1.29 is 14.4 Å². The molecule has 1 atom stereocenters. The van der Waals surface area contributed by atoms with Gasteiger partial charge in [0.2, 0.25) is 5.91 Å². The van der Waals surface area contributed by atoms with Gasteiger partial charge >= 0.3 is 0 Å². The first-order valence-corrected chi connectivity index (χ1v) is 6.41. The Morgan fingerprint density at radius 1 is 1.45 bits per heavy atom. The summed E-state index contributed by atoms with van der Waals surface area (Å²) in [6.45, 7) is 1.78. The molecular weight excluding hydrogens is 282 g/mol. The van der Waals surface area contributed by atoms with Crippen molar-refractivity contribution in [1.29, 1.82) is 0 Å². The van der Waals surface area contributed by atoms with Crippen molar-refractivity contribution in [2.24, 2.45) is 5.92 Å². The van der Waals surface area contributed by atoms with Crippen molar-refractivity contribution >= 4 is 35.0 Å². The summed E-state index contributed by atoms with van der Waals surface area (Å²) < 4.78 is 0. The number of hydrogen-bond donors (Lipinski definition) is 2. The standard InChI is InChI=1S/C13H14ClN3O3/c1-7-9(14)4-3-5-10(7)15-11(18)6-8-12(19)16-17(2)13(8)20/h3-5,8H,6H2,1-2H3,(H,15,18)(H,16,19). The maximum Gasteiger partial charge on any atom is 0.253 e. The van der Waals surface area contributed by atoms with Crippen molar-refractivity contribution in [3.05, 3.63) is 28.8 Å². The molecule has 1 aliphatic heterocycles. The van der Waals surface area contributed by atoms with Gasteiger partial charge in [-0.15, -0.1) is 0 Å². The Balaban J connectivity index is 2.05. The van der Waals surface area contributed by atoms with E-state index in [1.807, 2.05) is 0 Å². The summed E-state index contributed by atoms with van der Waals surface area (Å²) >= 11 is 5.96. The molecule has 0 radical (unpaired) electrons. The Hall–Kier alpha value is -2.08. The van der Waals surface area contributed by atoms with Gasteiger partial charge in [0, 0.05) is 24.2 Å². The Morgan fingerprint density at radius 2 is 2.15 bits per heavy atom. The third-order valence-corrected chi connectivity index (χ3v) is 3.56. The molecule has 1 unspecified atom stereocenters. The number of carbonyl (C=O) groups excluding carboxylic acids is 3. The van der Waals surface area contributed by atoms with E-state index >= 15 is 0 Å². The van der Waals surface area contributed by atoms with Gasteiger partial charge in [0.25, 0.3) is 11.8 Å². The summed E-state index contributed by atoms with van der Waals surface area (Å²) in [5.74, 6) is -2.25. The van der Waals surface area contributed by atoms with Crippen molar-refractivity contribution in [3.63, 3.8) is 0 Å². The number of anilines is 1. The molecule has 1 aliphatic rings. The van der Waals surface area contributed by atoms with Crippen LogP contribution in [0.1, 0.15) is 12.0 Å². The van der Waals surface area contributed by atoms with Crippen LogP contribution in [0.2, 0.25) is 5.02 Å². The number of rotatable bonds is 3. The normalized spacial score (nSPS) is 18.1. The van der Waals surface area contributed by atoms with Crippen LogP contribution < -0.4 is 10.7 Å². The Kier molecular flexibility index (Phi) is 3.94. The van der Waals surface area contributed by atoms with Crippen LogP contribution in [0.5, 0.6) is 0 Å². The van der Waals surface area contributed by atoms with Gasteiger partial charge in [0.1, 0.15) is 5.92 Å². The van der Waals surface area contributed by atoms with Crippen LogP contribution in [0.4, 0.5) is 5.69 Å². The van der Waals surface area contributed by atoms with Crippen LogP contribution in [-0.2, 0) is 14.4 Å². The van der Waals surface area contributed by atoms with Crippen molar-refractivity contribution in [2.75, 3.05) is 12.4 Å². The zero-order valence-electron chi connectivity index (χ0n) is 11.1. The fourth-order valence-electron chi connectivity index (χ4n) is 1.95. The van der Waals surface area contributed by atoms with E-state index < -0.39 is 23.6 Å². The fraction of sp³-hybridized carbons (Fsp3) is 0.308. The largest absolute Gasteiger partial charge is 0.326 e. The molecule has 0 aromatic heterocycles. The molecule has 0 saturated carbocycles. The minimum atomic E-state index is -0.973. The van der Waals surface area contributed by atoms with Crippen LogP contribution in [0.25, 0.3) is 0 Å². The smallest absolute Gasteiger partial charge is 0.253 e. The van der Waals surface area contributed by atoms with Crippen molar-refractivity contribution in [2.45, 2.75) is 13.3 Å². The molecule has 3 amide bonds. The Bertz CT molecular complexity index is 588. The molecule has 1 aromatic carbocycles. The minimum absolute atomic E-state index is 0.193. The molecule has 1 heterocycles. The van der Waals surface area contributed by atoms with Gasteiger partial charge in [-0.3, -0.25) is 24.8 Å². The van der Waals surface area contributed by atoms with E-state index in [1.54, 1.807) is 25.1 Å². The lowest BCUT2D eigenvalue weighted by Crippen LogP contribution is -2.31. The molecule has 20 heavy (non-hydrogen) atoms. The van der Waals surface area contributed by atoms with Crippen LogP contribution in [-0.4, -0.2) is 29.8 Å². The highest BCUT2D eigenvalue weighted by Crippen LogP contribution is 2.23. The second-order valence-electron chi connectivity index (χ2n) is 4.59. The number of amides is 3. The second-order valence-corrected chi connectivity index (χ2v) is 5.00. The van der Waals surface area contributed by atoms with E-state index in [-0.39, 0.29) is 6.42 Å². The van der Waals surface area contributed by atoms with E-state index in [4.69, 9.17) is 11.6 Å². The van der Waals surface area contributed by atoms with E-state index in [2.05, 4.69) is 10.7 Å². The highest BCUT2D eigenvalue weighted by atomic mass is 35.5. The number of hydrazine groups is 1. The zero-order chi connectivity index (χ0) is 14.9. The Morgan fingerprint density at radius 3 is 2.75 bits per heavy atom. The molecule has 0 aliphatic carbocycles. The first-order chi connectivity index (χ1) is 9.40. The molecule has 1 fully saturated rings. The topological polar surface area (TPSA) is 78.5 Å². The number of benzene rings is 1. The summed E-state index contributed by atoms with van der Waals surface area (Å²) in [6, 6.07) is 5.14. The third kappa shape index (κ3) is 2.75. The zero-order valence-corrected chi connectivity index (χ0v) is 11.8. The fourth-order valence-corrected chi connectivity index (χ4v) is 2.13. The van der Waals surface area contributed by atoms with Gasteiger partial charge in [-0.1, -0.05) is 17.7 Å². The summed E-state index contributed by atoms with van der Waals surface area (Å²) in [5, 5.41) is 4.29. The van der Waals surface area contributed by atoms with Crippen LogP contribution >= 0.6 is 11.6 Å². The average Bonchev–Trinajstić information content (AvgIpc) is 2.62. The van der Waals surface area contributed by atoms with E-state index in [9.17, 15) is 14.4 Å². The number of carbonyl (C=O) groups is 3.